The van der Waals surface area contributed by atoms with Gasteiger partial charge >= 0.3 is 10.1 Å². The quantitative estimate of drug-likeness (QED) is 0.217. The molecule has 0 N–H and O–H groups in total. The van der Waals surface area contributed by atoms with Crippen LogP contribution in [0.4, 0.5) is 5.69 Å². The number of aliphatic imine (C=N–C) groups is 1. The summed E-state index contributed by atoms with van der Waals surface area (Å²) in [5.41, 5.74) is 3.95. The molecule has 0 amide bonds. The molecule has 30 heavy (non-hydrogen) atoms. The zero-order valence-corrected chi connectivity index (χ0v) is 19.9. The van der Waals surface area contributed by atoms with Crippen LogP contribution in [0.5, 0.6) is 11.5 Å². The molecular formula is C23H22INO4S. The molecule has 0 aromatic heterocycles. The van der Waals surface area contributed by atoms with Crippen LogP contribution in [0.25, 0.3) is 0 Å². The van der Waals surface area contributed by atoms with Crippen LogP contribution in [0.2, 0.25) is 0 Å². The number of benzene rings is 3. The summed E-state index contributed by atoms with van der Waals surface area (Å²) < 4.78 is 37.1. The first-order valence-corrected chi connectivity index (χ1v) is 11.9. The SMILES string of the molecule is CCOc1cc(C=Nc2cccc(C)c2C)cc(I)c1OS(=O)(=O)c1ccccc1. The van der Waals surface area contributed by atoms with Crippen molar-refractivity contribution in [3.63, 3.8) is 0 Å². The Kier molecular flexibility index (Phi) is 7.14. The summed E-state index contributed by atoms with van der Waals surface area (Å²) in [5.74, 6) is 0.525. The third-order valence-electron chi connectivity index (χ3n) is 4.49. The number of hydrogen-bond donors (Lipinski definition) is 0. The van der Waals surface area contributed by atoms with Crippen LogP contribution in [0.3, 0.4) is 0 Å². The van der Waals surface area contributed by atoms with E-state index in [0.717, 1.165) is 16.8 Å². The fourth-order valence-electron chi connectivity index (χ4n) is 2.77. The van der Waals surface area contributed by atoms with Crippen molar-refractivity contribution < 1.29 is 17.3 Å². The van der Waals surface area contributed by atoms with Crippen LogP contribution in [0.1, 0.15) is 23.6 Å². The normalized spacial score (nSPS) is 11.6. The van der Waals surface area contributed by atoms with Gasteiger partial charge in [0.15, 0.2) is 11.5 Å². The summed E-state index contributed by atoms with van der Waals surface area (Å²) in [6.07, 6.45) is 1.74. The van der Waals surface area contributed by atoms with Gasteiger partial charge in [0.2, 0.25) is 0 Å². The number of halogens is 1. The second-order valence-corrected chi connectivity index (χ2v) is 9.30. The van der Waals surface area contributed by atoms with E-state index in [0.29, 0.717) is 15.9 Å². The summed E-state index contributed by atoms with van der Waals surface area (Å²) in [7, 11) is -3.97. The Morgan fingerprint density at radius 1 is 1.03 bits per heavy atom. The van der Waals surface area contributed by atoms with Gasteiger partial charge in [-0.25, -0.2) is 0 Å². The fourth-order valence-corrected chi connectivity index (χ4v) is 4.63. The molecule has 3 aromatic rings. The molecule has 0 bridgehead atoms. The molecule has 156 valence electrons. The fraction of sp³-hybridized carbons (Fsp3) is 0.174. The van der Waals surface area contributed by atoms with Gasteiger partial charge in [0.25, 0.3) is 0 Å². The van der Waals surface area contributed by atoms with Crippen molar-refractivity contribution in [3.8, 4) is 11.5 Å². The minimum atomic E-state index is -3.97. The highest BCUT2D eigenvalue weighted by Gasteiger charge is 2.21. The van der Waals surface area contributed by atoms with Crippen molar-refractivity contribution in [2.24, 2.45) is 4.99 Å². The Balaban J connectivity index is 1.96. The van der Waals surface area contributed by atoms with E-state index in [1.54, 1.807) is 30.5 Å². The highest BCUT2D eigenvalue weighted by molar-refractivity contribution is 14.1. The lowest BCUT2D eigenvalue weighted by atomic mass is 10.1. The second kappa shape index (κ2) is 9.61. The largest absolute Gasteiger partial charge is 0.490 e. The van der Waals surface area contributed by atoms with Gasteiger partial charge in [-0.3, -0.25) is 4.99 Å². The molecule has 0 aliphatic heterocycles. The van der Waals surface area contributed by atoms with Gasteiger partial charge in [-0.1, -0.05) is 30.3 Å². The predicted octanol–water partition coefficient (Wildman–Crippen LogP) is 5.83. The van der Waals surface area contributed by atoms with E-state index in [1.165, 1.54) is 17.7 Å². The van der Waals surface area contributed by atoms with Crippen molar-refractivity contribution in [1.82, 2.24) is 0 Å². The number of aryl methyl sites for hydroxylation is 1. The predicted molar refractivity (Wildman–Crippen MR) is 128 cm³/mol. The molecule has 3 aromatic carbocycles. The first kappa shape index (κ1) is 22.3. The van der Waals surface area contributed by atoms with E-state index in [4.69, 9.17) is 8.92 Å². The second-order valence-electron chi connectivity index (χ2n) is 6.59. The minimum Gasteiger partial charge on any atom is -0.490 e. The summed E-state index contributed by atoms with van der Waals surface area (Å²) in [6.45, 7) is 6.28. The Bertz CT molecular complexity index is 1180. The van der Waals surface area contributed by atoms with E-state index < -0.39 is 10.1 Å². The van der Waals surface area contributed by atoms with Gasteiger partial charge in [0, 0.05) is 6.21 Å². The lowest BCUT2D eigenvalue weighted by Gasteiger charge is -2.14. The van der Waals surface area contributed by atoms with Gasteiger partial charge in [-0.2, -0.15) is 8.42 Å². The van der Waals surface area contributed by atoms with Gasteiger partial charge in [-0.15, -0.1) is 0 Å². The molecule has 0 saturated heterocycles. The first-order chi connectivity index (χ1) is 14.3. The highest BCUT2D eigenvalue weighted by Crippen LogP contribution is 2.36. The Morgan fingerprint density at radius 2 is 1.77 bits per heavy atom. The number of nitrogens with zero attached hydrogens (tertiary/aromatic N) is 1. The Labute approximate surface area is 191 Å². The maximum absolute atomic E-state index is 12.7. The number of rotatable bonds is 7. The molecule has 0 radical (unpaired) electrons. The Morgan fingerprint density at radius 3 is 2.47 bits per heavy atom. The smallest absolute Gasteiger partial charge is 0.339 e. The summed E-state index contributed by atoms with van der Waals surface area (Å²) in [6, 6.07) is 17.6. The monoisotopic (exact) mass is 535 g/mol. The van der Waals surface area contributed by atoms with Gasteiger partial charge in [0.1, 0.15) is 4.90 Å². The van der Waals surface area contributed by atoms with E-state index >= 15 is 0 Å². The summed E-state index contributed by atoms with van der Waals surface area (Å²) >= 11 is 2.05. The molecule has 0 unspecified atom stereocenters. The van der Waals surface area contributed by atoms with Crippen molar-refractivity contribution in [2.45, 2.75) is 25.7 Å². The molecule has 5 nitrogen and oxygen atoms in total. The van der Waals surface area contributed by atoms with Gasteiger partial charge in [0.05, 0.1) is 15.9 Å². The minimum absolute atomic E-state index is 0.0869. The lowest BCUT2D eigenvalue weighted by Crippen LogP contribution is -2.12. The first-order valence-electron chi connectivity index (χ1n) is 9.38. The molecule has 3 rings (SSSR count). The molecule has 7 heteroatoms. The van der Waals surface area contributed by atoms with Crippen molar-refractivity contribution in [1.29, 1.82) is 0 Å². The molecule has 0 aliphatic carbocycles. The van der Waals surface area contributed by atoms with E-state index in [2.05, 4.69) is 4.99 Å². The summed E-state index contributed by atoms with van der Waals surface area (Å²) in [4.78, 5) is 4.67. The van der Waals surface area contributed by atoms with E-state index in [1.807, 2.05) is 67.6 Å². The van der Waals surface area contributed by atoms with Crippen LogP contribution in [0, 0.1) is 17.4 Å². The van der Waals surface area contributed by atoms with Crippen LogP contribution in [-0.4, -0.2) is 21.2 Å². The van der Waals surface area contributed by atoms with E-state index in [9.17, 15) is 8.42 Å². The zero-order valence-electron chi connectivity index (χ0n) is 16.9. The third-order valence-corrected chi connectivity index (χ3v) is 6.52. The molecule has 0 aliphatic rings. The van der Waals surface area contributed by atoms with Crippen molar-refractivity contribution in [2.75, 3.05) is 6.61 Å². The maximum Gasteiger partial charge on any atom is 0.339 e. The standard InChI is InChI=1S/C23H22INO4S/c1-4-28-22-14-18(15-25-21-12-8-9-16(2)17(21)3)13-20(24)23(22)29-30(26,27)19-10-6-5-7-11-19/h5-15H,4H2,1-3H3. The van der Waals surface area contributed by atoms with Crippen LogP contribution in [-0.2, 0) is 10.1 Å². The summed E-state index contributed by atoms with van der Waals surface area (Å²) in [5, 5.41) is 0. The number of ether oxygens (including phenoxy) is 1. The van der Waals surface area contributed by atoms with E-state index in [-0.39, 0.29) is 10.6 Å². The average molecular weight is 535 g/mol. The topological polar surface area (TPSA) is 65.0 Å². The van der Waals surface area contributed by atoms with Crippen molar-refractivity contribution >= 4 is 44.6 Å². The zero-order chi connectivity index (χ0) is 21.7. The molecule has 0 heterocycles. The molecular weight excluding hydrogens is 513 g/mol. The maximum atomic E-state index is 12.7. The van der Waals surface area contributed by atoms with Crippen LogP contribution < -0.4 is 8.92 Å². The molecule has 0 saturated carbocycles. The number of hydrogen-bond acceptors (Lipinski definition) is 5. The van der Waals surface area contributed by atoms with Crippen LogP contribution >= 0.6 is 22.6 Å². The van der Waals surface area contributed by atoms with Gasteiger partial charge < -0.3 is 8.92 Å². The lowest BCUT2D eigenvalue weighted by molar-refractivity contribution is 0.327. The Hall–Kier alpha value is -2.39. The molecule has 0 fully saturated rings. The molecule has 0 spiro atoms. The third kappa shape index (κ3) is 5.20. The van der Waals surface area contributed by atoms with Crippen molar-refractivity contribution in [3.05, 3.63) is 80.9 Å². The molecule has 0 atom stereocenters. The van der Waals surface area contributed by atoms with Gasteiger partial charge in [-0.05, 0) is 90.4 Å². The highest BCUT2D eigenvalue weighted by atomic mass is 127. The van der Waals surface area contributed by atoms with Crippen LogP contribution in [0.15, 0.2) is 70.6 Å². The average Bonchev–Trinajstić information content (AvgIpc) is 2.72.